The fraction of sp³-hybridized carbons (Fsp3) is 0.310. The van der Waals surface area contributed by atoms with Gasteiger partial charge in [-0.2, -0.15) is 0 Å². The highest BCUT2D eigenvalue weighted by Gasteiger charge is 2.35. The predicted molar refractivity (Wildman–Crippen MR) is 142 cm³/mol. The van der Waals surface area contributed by atoms with Crippen LogP contribution in [0.1, 0.15) is 40.9 Å². The summed E-state index contributed by atoms with van der Waals surface area (Å²) in [6.07, 6.45) is -2.06. The molecule has 3 unspecified atom stereocenters. The molecule has 0 aliphatic heterocycles. The molecule has 0 fully saturated rings. The van der Waals surface area contributed by atoms with E-state index >= 15 is 0 Å². The van der Waals surface area contributed by atoms with Gasteiger partial charge < -0.3 is 26.2 Å². The zero-order chi connectivity index (χ0) is 27.8. The number of anilines is 1. The summed E-state index contributed by atoms with van der Waals surface area (Å²) in [6.45, 7) is 3.73. The van der Waals surface area contributed by atoms with Crippen molar-refractivity contribution in [3.8, 4) is 0 Å². The van der Waals surface area contributed by atoms with Crippen molar-refractivity contribution in [1.29, 1.82) is 0 Å². The van der Waals surface area contributed by atoms with Gasteiger partial charge in [0.15, 0.2) is 0 Å². The topological polar surface area (TPSA) is 116 Å². The lowest BCUT2D eigenvalue weighted by molar-refractivity contribution is -0.126. The molecule has 0 aliphatic rings. The van der Waals surface area contributed by atoms with E-state index in [0.717, 1.165) is 40.6 Å². The standard InChI is InChI=1S/C29H33F2N3O4/c1-3-19-7-6-8-20(11-19)16-33-17-27(36)26(14-21-12-22(30)15-23(31)13-21)34(29(38)18(2)35)25-10-5-4-9-24(25)28(32)37/h4-13,15,18,26-27,33,35-36H,3,14,16-17H2,1-2H3,(H2,32,37). The molecule has 0 radical (unpaired) electrons. The van der Waals surface area contributed by atoms with Crippen LogP contribution in [0.15, 0.2) is 66.7 Å². The first-order valence-corrected chi connectivity index (χ1v) is 12.4. The van der Waals surface area contributed by atoms with Gasteiger partial charge in [0.05, 0.1) is 23.4 Å². The van der Waals surface area contributed by atoms with Gasteiger partial charge in [0.2, 0.25) is 0 Å². The third-order valence-corrected chi connectivity index (χ3v) is 6.25. The molecule has 0 bridgehead atoms. The van der Waals surface area contributed by atoms with E-state index in [1.165, 1.54) is 19.1 Å². The van der Waals surface area contributed by atoms with E-state index in [1.54, 1.807) is 12.1 Å². The van der Waals surface area contributed by atoms with E-state index in [9.17, 15) is 28.6 Å². The molecule has 3 aromatic carbocycles. The van der Waals surface area contributed by atoms with E-state index in [4.69, 9.17) is 5.73 Å². The van der Waals surface area contributed by atoms with Crippen molar-refractivity contribution in [2.75, 3.05) is 11.4 Å². The third-order valence-electron chi connectivity index (χ3n) is 6.25. The van der Waals surface area contributed by atoms with Crippen molar-refractivity contribution in [3.05, 3.63) is 101 Å². The molecule has 2 amide bonds. The second-order valence-electron chi connectivity index (χ2n) is 9.19. The highest BCUT2D eigenvalue weighted by atomic mass is 19.1. The number of primary amides is 1. The first-order valence-electron chi connectivity index (χ1n) is 12.4. The molecular weight excluding hydrogens is 492 g/mol. The quantitative estimate of drug-likeness (QED) is 0.290. The van der Waals surface area contributed by atoms with Crippen LogP contribution < -0.4 is 16.0 Å². The van der Waals surface area contributed by atoms with Gasteiger partial charge in [-0.1, -0.05) is 43.3 Å². The molecule has 3 atom stereocenters. The number of nitrogens with zero attached hydrogens (tertiary/aromatic N) is 1. The van der Waals surface area contributed by atoms with Gasteiger partial charge in [0.1, 0.15) is 17.7 Å². The highest BCUT2D eigenvalue weighted by Crippen LogP contribution is 2.27. The Morgan fingerprint density at radius 1 is 0.947 bits per heavy atom. The molecule has 0 aliphatic carbocycles. The Balaban J connectivity index is 1.99. The molecule has 5 N–H and O–H groups in total. The molecule has 0 saturated carbocycles. The summed E-state index contributed by atoms with van der Waals surface area (Å²) >= 11 is 0. The minimum Gasteiger partial charge on any atom is -0.390 e. The van der Waals surface area contributed by atoms with Crippen molar-refractivity contribution < 1.29 is 28.6 Å². The van der Waals surface area contributed by atoms with Gasteiger partial charge in [-0.3, -0.25) is 9.59 Å². The van der Waals surface area contributed by atoms with Crippen LogP contribution in [0.25, 0.3) is 0 Å². The smallest absolute Gasteiger partial charge is 0.255 e. The van der Waals surface area contributed by atoms with Crippen LogP contribution in [0.3, 0.4) is 0 Å². The summed E-state index contributed by atoms with van der Waals surface area (Å²) in [6, 6.07) is 15.8. The van der Waals surface area contributed by atoms with Gasteiger partial charge >= 0.3 is 0 Å². The van der Waals surface area contributed by atoms with Gasteiger partial charge in [-0.15, -0.1) is 0 Å². The Morgan fingerprint density at radius 2 is 1.61 bits per heavy atom. The minimum absolute atomic E-state index is 0.00114. The fourth-order valence-corrected chi connectivity index (χ4v) is 4.38. The normalized spacial score (nSPS) is 13.5. The summed E-state index contributed by atoms with van der Waals surface area (Å²) in [5, 5.41) is 24.7. The van der Waals surface area contributed by atoms with E-state index in [1.807, 2.05) is 31.2 Å². The number of carbonyl (C=O) groups is 2. The summed E-state index contributed by atoms with van der Waals surface area (Å²) in [5.74, 6) is -3.25. The van der Waals surface area contributed by atoms with Crippen LogP contribution in [0, 0.1) is 11.6 Å². The van der Waals surface area contributed by atoms with Gasteiger partial charge in [-0.05, 0) is 60.7 Å². The van der Waals surface area contributed by atoms with Gasteiger partial charge in [0.25, 0.3) is 11.8 Å². The lowest BCUT2D eigenvalue weighted by atomic mass is 9.96. The maximum atomic E-state index is 14.0. The number of amides is 2. The number of hydrogen-bond donors (Lipinski definition) is 4. The van der Waals surface area contributed by atoms with Crippen molar-refractivity contribution in [3.63, 3.8) is 0 Å². The number of aliphatic hydroxyl groups is 2. The molecule has 3 aromatic rings. The Morgan fingerprint density at radius 3 is 2.24 bits per heavy atom. The van der Waals surface area contributed by atoms with Crippen molar-refractivity contribution in [2.24, 2.45) is 5.73 Å². The van der Waals surface area contributed by atoms with Crippen LogP contribution in [-0.4, -0.2) is 46.8 Å². The highest BCUT2D eigenvalue weighted by molar-refractivity contribution is 6.05. The zero-order valence-corrected chi connectivity index (χ0v) is 21.4. The Labute approximate surface area is 220 Å². The average molecular weight is 526 g/mol. The summed E-state index contributed by atoms with van der Waals surface area (Å²) in [4.78, 5) is 26.6. The maximum Gasteiger partial charge on any atom is 0.255 e. The van der Waals surface area contributed by atoms with E-state index in [2.05, 4.69) is 5.32 Å². The largest absolute Gasteiger partial charge is 0.390 e. The van der Waals surface area contributed by atoms with Crippen molar-refractivity contribution in [1.82, 2.24) is 5.32 Å². The van der Waals surface area contributed by atoms with Crippen LogP contribution in [0.2, 0.25) is 0 Å². The molecule has 0 aromatic heterocycles. The number of para-hydroxylation sites is 1. The third kappa shape index (κ3) is 7.44. The SMILES string of the molecule is CCc1cccc(CNCC(O)C(Cc2cc(F)cc(F)c2)N(C(=O)C(C)O)c2ccccc2C(N)=O)c1. The summed E-state index contributed by atoms with van der Waals surface area (Å²) in [5.41, 5.74) is 7.96. The number of rotatable bonds is 12. The first kappa shape index (κ1) is 28.9. The van der Waals surface area contributed by atoms with E-state index in [0.29, 0.717) is 6.54 Å². The van der Waals surface area contributed by atoms with E-state index in [-0.39, 0.29) is 29.8 Å². The number of aryl methyl sites for hydroxylation is 1. The van der Waals surface area contributed by atoms with Crippen molar-refractivity contribution >= 4 is 17.5 Å². The number of nitrogens with two attached hydrogens (primary N) is 1. The molecule has 7 nitrogen and oxygen atoms in total. The maximum absolute atomic E-state index is 14.0. The Kier molecular flexibility index (Phi) is 10.1. The molecule has 0 spiro atoms. The number of halogens is 2. The molecule has 38 heavy (non-hydrogen) atoms. The fourth-order valence-electron chi connectivity index (χ4n) is 4.38. The van der Waals surface area contributed by atoms with Crippen LogP contribution in [0.4, 0.5) is 14.5 Å². The second-order valence-corrected chi connectivity index (χ2v) is 9.19. The molecule has 0 saturated heterocycles. The summed E-state index contributed by atoms with van der Waals surface area (Å²) < 4.78 is 28.0. The number of benzene rings is 3. The van der Waals surface area contributed by atoms with Gasteiger partial charge in [0, 0.05) is 19.2 Å². The Bertz CT molecular complexity index is 1250. The molecule has 9 heteroatoms. The molecule has 3 rings (SSSR count). The number of nitrogens with one attached hydrogen (secondary N) is 1. The molecule has 0 heterocycles. The zero-order valence-electron chi connectivity index (χ0n) is 21.4. The van der Waals surface area contributed by atoms with Crippen LogP contribution >= 0.6 is 0 Å². The van der Waals surface area contributed by atoms with Crippen LogP contribution in [-0.2, 0) is 24.2 Å². The minimum atomic E-state index is -1.50. The monoisotopic (exact) mass is 525 g/mol. The van der Waals surface area contributed by atoms with E-state index < -0.39 is 41.7 Å². The second kappa shape index (κ2) is 13.2. The molecular formula is C29H33F2N3O4. The van der Waals surface area contributed by atoms with Crippen molar-refractivity contribution in [2.45, 2.75) is 51.5 Å². The lowest BCUT2D eigenvalue weighted by Crippen LogP contribution is -2.54. The average Bonchev–Trinajstić information content (AvgIpc) is 2.87. The Hall–Kier alpha value is -3.66. The molecule has 202 valence electrons. The first-order chi connectivity index (χ1) is 18.1. The van der Waals surface area contributed by atoms with Gasteiger partial charge in [-0.25, -0.2) is 8.78 Å². The number of carbonyl (C=O) groups excluding carboxylic acids is 2. The summed E-state index contributed by atoms with van der Waals surface area (Å²) in [7, 11) is 0. The number of aliphatic hydroxyl groups excluding tert-OH is 2. The predicted octanol–water partition coefficient (Wildman–Crippen LogP) is 3.10. The lowest BCUT2D eigenvalue weighted by Gasteiger charge is -2.37. The number of hydrogen-bond acceptors (Lipinski definition) is 5. The van der Waals surface area contributed by atoms with Crippen LogP contribution in [0.5, 0.6) is 0 Å².